The van der Waals surface area contributed by atoms with Crippen molar-refractivity contribution in [3.05, 3.63) is 52.1 Å². The van der Waals surface area contributed by atoms with E-state index < -0.39 is 0 Å². The smallest absolute Gasteiger partial charge is 0.130 e. The summed E-state index contributed by atoms with van der Waals surface area (Å²) in [5, 5.41) is 8.34. The van der Waals surface area contributed by atoms with Crippen LogP contribution in [0.5, 0.6) is 0 Å². The number of nitrogens with zero attached hydrogens (tertiary/aromatic N) is 2. The molecule has 114 valence electrons. The average molecular weight is 310 g/mol. The largest absolute Gasteiger partial charge is 0.310 e. The lowest BCUT2D eigenvalue weighted by molar-refractivity contribution is 0.496. The Hall–Kier alpha value is -1.39. The van der Waals surface area contributed by atoms with Crippen LogP contribution in [0.15, 0.2) is 24.3 Å². The minimum Gasteiger partial charge on any atom is -0.310 e. The first-order valence-electron chi connectivity index (χ1n) is 7.20. The summed E-state index contributed by atoms with van der Waals surface area (Å²) in [6, 6.07) is 6.77. The van der Waals surface area contributed by atoms with Crippen LogP contribution in [0.2, 0.25) is 5.15 Å². The third-order valence-corrected chi connectivity index (χ3v) is 4.07. The highest BCUT2D eigenvalue weighted by Crippen LogP contribution is 2.27. The first-order chi connectivity index (χ1) is 10.0. The van der Waals surface area contributed by atoms with Gasteiger partial charge in [0.1, 0.15) is 11.0 Å². The van der Waals surface area contributed by atoms with E-state index in [0.717, 1.165) is 24.2 Å². The maximum Gasteiger partial charge on any atom is 0.130 e. The van der Waals surface area contributed by atoms with Gasteiger partial charge in [-0.1, -0.05) is 36.7 Å². The first kappa shape index (κ1) is 16.0. The zero-order chi connectivity index (χ0) is 15.4. The molecule has 1 unspecified atom stereocenters. The van der Waals surface area contributed by atoms with Gasteiger partial charge < -0.3 is 5.32 Å². The molecule has 0 aliphatic carbocycles. The molecular weight excluding hydrogens is 289 g/mol. The Balaban J connectivity index is 2.31. The molecule has 3 nitrogen and oxygen atoms in total. The van der Waals surface area contributed by atoms with Crippen molar-refractivity contribution in [1.82, 2.24) is 15.1 Å². The van der Waals surface area contributed by atoms with Crippen molar-refractivity contribution in [2.45, 2.75) is 32.7 Å². The Morgan fingerprint density at radius 1 is 1.38 bits per heavy atom. The Kier molecular flexibility index (Phi) is 5.37. The lowest BCUT2D eigenvalue weighted by Crippen LogP contribution is -2.25. The monoisotopic (exact) mass is 309 g/mol. The summed E-state index contributed by atoms with van der Waals surface area (Å²) in [6.45, 7) is 4.85. The van der Waals surface area contributed by atoms with Crippen molar-refractivity contribution in [3.63, 3.8) is 0 Å². The highest BCUT2D eigenvalue weighted by Gasteiger charge is 2.20. The van der Waals surface area contributed by atoms with Gasteiger partial charge in [0.25, 0.3) is 0 Å². The topological polar surface area (TPSA) is 29.9 Å². The Morgan fingerprint density at radius 2 is 2.10 bits per heavy atom. The molecule has 0 aliphatic rings. The second kappa shape index (κ2) is 7.05. The summed E-state index contributed by atoms with van der Waals surface area (Å²) in [7, 11) is 1.82. The fraction of sp³-hybridized carbons (Fsp3) is 0.438. The molecule has 21 heavy (non-hydrogen) atoms. The van der Waals surface area contributed by atoms with Gasteiger partial charge in [0.05, 0.1) is 5.69 Å². The van der Waals surface area contributed by atoms with Crippen molar-refractivity contribution in [3.8, 4) is 0 Å². The molecule has 0 spiro atoms. The molecular formula is C16H21ClFN3. The normalized spacial score (nSPS) is 12.6. The van der Waals surface area contributed by atoms with E-state index in [9.17, 15) is 4.39 Å². The van der Waals surface area contributed by atoms with E-state index in [1.165, 1.54) is 6.07 Å². The number of nitrogens with one attached hydrogen (secondary N) is 1. The van der Waals surface area contributed by atoms with Gasteiger partial charge in [-0.2, -0.15) is 5.10 Å². The summed E-state index contributed by atoms with van der Waals surface area (Å²) in [4.78, 5) is 0. The lowest BCUT2D eigenvalue weighted by Gasteiger charge is -2.19. The third-order valence-electron chi connectivity index (χ3n) is 3.60. The van der Waals surface area contributed by atoms with Crippen LogP contribution in [0.4, 0.5) is 4.39 Å². The highest BCUT2D eigenvalue weighted by molar-refractivity contribution is 6.30. The van der Waals surface area contributed by atoms with Crippen LogP contribution >= 0.6 is 11.6 Å². The number of rotatable bonds is 6. The van der Waals surface area contributed by atoms with Gasteiger partial charge in [-0.25, -0.2) is 4.39 Å². The van der Waals surface area contributed by atoms with Gasteiger partial charge >= 0.3 is 0 Å². The zero-order valence-electron chi connectivity index (χ0n) is 12.7. The van der Waals surface area contributed by atoms with Gasteiger partial charge in [0, 0.05) is 24.2 Å². The van der Waals surface area contributed by atoms with Crippen molar-refractivity contribution in [1.29, 1.82) is 0 Å². The maximum atomic E-state index is 14.1. The minimum atomic E-state index is -0.191. The number of aryl methyl sites for hydroxylation is 2. The second-order valence-corrected chi connectivity index (χ2v) is 5.57. The fourth-order valence-corrected chi connectivity index (χ4v) is 2.73. The summed E-state index contributed by atoms with van der Waals surface area (Å²) in [5.74, 6) is -0.191. The third kappa shape index (κ3) is 3.63. The number of benzene rings is 1. The van der Waals surface area contributed by atoms with Crippen molar-refractivity contribution in [2.75, 3.05) is 6.54 Å². The molecule has 0 fully saturated rings. The predicted molar refractivity (Wildman–Crippen MR) is 84.1 cm³/mol. The molecule has 1 heterocycles. The van der Waals surface area contributed by atoms with E-state index >= 15 is 0 Å². The van der Waals surface area contributed by atoms with Crippen LogP contribution in [-0.2, 0) is 13.5 Å². The second-order valence-electron chi connectivity index (χ2n) is 5.21. The van der Waals surface area contributed by atoms with Crippen LogP contribution in [0.25, 0.3) is 0 Å². The maximum absolute atomic E-state index is 14.1. The fourth-order valence-electron chi connectivity index (χ4n) is 2.48. The SMILES string of the molecule is CCCNC(Cc1c(C)nn(C)c1Cl)c1ccccc1F. The molecule has 0 bridgehead atoms. The molecule has 0 saturated carbocycles. The molecule has 2 aromatic rings. The molecule has 5 heteroatoms. The summed E-state index contributed by atoms with van der Waals surface area (Å²) >= 11 is 6.30. The molecule has 0 amide bonds. The van der Waals surface area contributed by atoms with E-state index in [-0.39, 0.29) is 11.9 Å². The molecule has 2 rings (SSSR count). The van der Waals surface area contributed by atoms with Gasteiger partial charge in [-0.3, -0.25) is 4.68 Å². The van der Waals surface area contributed by atoms with Gasteiger partial charge in [0.15, 0.2) is 0 Å². The predicted octanol–water partition coefficient (Wildman–Crippen LogP) is 3.80. The molecule has 0 saturated heterocycles. The number of aromatic nitrogens is 2. The first-order valence-corrected chi connectivity index (χ1v) is 7.58. The summed E-state index contributed by atoms with van der Waals surface area (Å²) in [5.41, 5.74) is 2.53. The van der Waals surface area contributed by atoms with Gasteiger partial charge in [0.2, 0.25) is 0 Å². The van der Waals surface area contributed by atoms with E-state index in [0.29, 0.717) is 17.1 Å². The van der Waals surface area contributed by atoms with Crippen LogP contribution in [0, 0.1) is 12.7 Å². The summed E-state index contributed by atoms with van der Waals surface area (Å²) < 4.78 is 15.7. The quantitative estimate of drug-likeness (QED) is 0.879. The molecule has 1 atom stereocenters. The molecule has 0 radical (unpaired) electrons. The van der Waals surface area contributed by atoms with Gasteiger partial charge in [-0.05, 0) is 32.4 Å². The standard InChI is InChI=1S/C16H21ClFN3/c1-4-9-19-15(12-7-5-6-8-14(12)18)10-13-11(2)20-21(3)16(13)17/h5-8,15,19H,4,9-10H2,1-3H3. The van der Waals surface area contributed by atoms with Crippen LogP contribution in [0.1, 0.15) is 36.2 Å². The Bertz CT molecular complexity index is 610. The highest BCUT2D eigenvalue weighted by atomic mass is 35.5. The van der Waals surface area contributed by atoms with Crippen molar-refractivity contribution < 1.29 is 4.39 Å². The minimum absolute atomic E-state index is 0.105. The molecule has 0 aliphatic heterocycles. The number of hydrogen-bond acceptors (Lipinski definition) is 2. The van der Waals surface area contributed by atoms with E-state index in [1.54, 1.807) is 10.7 Å². The van der Waals surface area contributed by atoms with Crippen molar-refractivity contribution >= 4 is 11.6 Å². The number of halogens is 2. The lowest BCUT2D eigenvalue weighted by atomic mass is 9.98. The summed E-state index contributed by atoms with van der Waals surface area (Å²) in [6.07, 6.45) is 1.62. The van der Waals surface area contributed by atoms with Crippen LogP contribution in [-0.4, -0.2) is 16.3 Å². The average Bonchev–Trinajstić information content (AvgIpc) is 2.70. The van der Waals surface area contributed by atoms with Crippen LogP contribution < -0.4 is 5.32 Å². The molecule has 1 N–H and O–H groups in total. The van der Waals surface area contributed by atoms with Crippen molar-refractivity contribution in [2.24, 2.45) is 7.05 Å². The molecule has 1 aromatic carbocycles. The van der Waals surface area contributed by atoms with E-state index in [4.69, 9.17) is 11.6 Å². The zero-order valence-corrected chi connectivity index (χ0v) is 13.4. The molecule has 1 aromatic heterocycles. The van der Waals surface area contributed by atoms with Crippen LogP contribution in [0.3, 0.4) is 0 Å². The van der Waals surface area contributed by atoms with E-state index in [1.807, 2.05) is 26.1 Å². The van der Waals surface area contributed by atoms with E-state index in [2.05, 4.69) is 17.3 Å². The number of hydrogen-bond donors (Lipinski definition) is 1. The Morgan fingerprint density at radius 3 is 2.67 bits per heavy atom. The van der Waals surface area contributed by atoms with Gasteiger partial charge in [-0.15, -0.1) is 0 Å². The Labute approximate surface area is 130 Å².